The molecule has 27 heavy (non-hydrogen) atoms. The van der Waals surface area contributed by atoms with Crippen molar-refractivity contribution in [1.29, 1.82) is 0 Å². The second-order valence-electron chi connectivity index (χ2n) is 5.92. The predicted molar refractivity (Wildman–Crippen MR) is 108 cm³/mol. The van der Waals surface area contributed by atoms with Crippen molar-refractivity contribution in [3.8, 4) is 0 Å². The highest BCUT2D eigenvalue weighted by Crippen LogP contribution is 2.24. The minimum absolute atomic E-state index is 0.217. The minimum atomic E-state index is -0.928. The molecule has 0 aliphatic rings. The zero-order chi connectivity index (χ0) is 18.9. The van der Waals surface area contributed by atoms with Gasteiger partial charge < -0.3 is 4.74 Å². The molecule has 3 nitrogen and oxygen atoms in total. The standard InChI is InChI=1S/C23H20O3S/c24-21(16-17-27-20-14-8-3-9-15-20)26-23(19-12-6-2-7-13-19)22(25)18-10-4-1-5-11-18/h1-15,23H,16-17H2/t23-/m1/s1. The van der Waals surface area contributed by atoms with Gasteiger partial charge in [0.15, 0.2) is 6.10 Å². The molecule has 136 valence electrons. The zero-order valence-corrected chi connectivity index (χ0v) is 15.6. The van der Waals surface area contributed by atoms with E-state index in [1.54, 1.807) is 48.2 Å². The van der Waals surface area contributed by atoms with Crippen molar-refractivity contribution in [2.75, 3.05) is 5.75 Å². The van der Waals surface area contributed by atoms with Crippen LogP contribution < -0.4 is 0 Å². The van der Waals surface area contributed by atoms with Crippen LogP contribution in [0.4, 0.5) is 0 Å². The maximum Gasteiger partial charge on any atom is 0.307 e. The van der Waals surface area contributed by atoms with E-state index < -0.39 is 6.10 Å². The molecule has 0 aliphatic heterocycles. The first-order valence-corrected chi connectivity index (χ1v) is 9.74. The van der Waals surface area contributed by atoms with E-state index in [2.05, 4.69) is 0 Å². The van der Waals surface area contributed by atoms with E-state index in [0.717, 1.165) is 4.90 Å². The van der Waals surface area contributed by atoms with Crippen LogP contribution in [0.1, 0.15) is 28.4 Å². The Morgan fingerprint density at radius 2 is 1.33 bits per heavy atom. The van der Waals surface area contributed by atoms with Crippen LogP contribution in [0.2, 0.25) is 0 Å². The second kappa shape index (κ2) is 9.74. The van der Waals surface area contributed by atoms with Gasteiger partial charge in [-0.1, -0.05) is 78.9 Å². The largest absolute Gasteiger partial charge is 0.449 e. The average Bonchev–Trinajstić information content (AvgIpc) is 2.73. The summed E-state index contributed by atoms with van der Waals surface area (Å²) < 4.78 is 5.59. The first-order chi connectivity index (χ1) is 13.2. The smallest absolute Gasteiger partial charge is 0.307 e. The number of esters is 1. The van der Waals surface area contributed by atoms with Crippen molar-refractivity contribution < 1.29 is 14.3 Å². The molecule has 3 aromatic rings. The van der Waals surface area contributed by atoms with Crippen molar-refractivity contribution in [3.63, 3.8) is 0 Å². The van der Waals surface area contributed by atoms with Gasteiger partial charge >= 0.3 is 5.97 Å². The van der Waals surface area contributed by atoms with Crippen molar-refractivity contribution in [3.05, 3.63) is 102 Å². The van der Waals surface area contributed by atoms with Crippen LogP contribution in [0, 0.1) is 0 Å². The molecule has 0 N–H and O–H groups in total. The Balaban J connectivity index is 1.66. The summed E-state index contributed by atoms with van der Waals surface area (Å²) in [6.07, 6.45) is -0.687. The van der Waals surface area contributed by atoms with E-state index in [4.69, 9.17) is 4.74 Å². The number of ketones is 1. The summed E-state index contributed by atoms with van der Waals surface area (Å²) >= 11 is 1.59. The lowest BCUT2D eigenvalue weighted by atomic mass is 10.00. The molecule has 0 fully saturated rings. The first-order valence-electron chi connectivity index (χ1n) is 8.75. The van der Waals surface area contributed by atoms with Gasteiger partial charge in [-0.25, -0.2) is 0 Å². The van der Waals surface area contributed by atoms with E-state index in [1.807, 2.05) is 54.6 Å². The summed E-state index contributed by atoms with van der Waals surface area (Å²) in [7, 11) is 0. The molecule has 0 bridgehead atoms. The minimum Gasteiger partial charge on any atom is -0.449 e. The number of thioether (sulfide) groups is 1. The van der Waals surface area contributed by atoms with Gasteiger partial charge in [0, 0.05) is 21.8 Å². The Morgan fingerprint density at radius 1 is 0.778 bits per heavy atom. The second-order valence-corrected chi connectivity index (χ2v) is 7.09. The molecule has 0 unspecified atom stereocenters. The Morgan fingerprint density at radius 3 is 1.96 bits per heavy atom. The monoisotopic (exact) mass is 376 g/mol. The molecule has 0 spiro atoms. The molecule has 0 saturated carbocycles. The molecule has 0 heterocycles. The maximum atomic E-state index is 12.9. The fraction of sp³-hybridized carbons (Fsp3) is 0.130. The number of ether oxygens (including phenoxy) is 1. The summed E-state index contributed by atoms with van der Waals surface area (Å²) in [5, 5.41) is 0. The van der Waals surface area contributed by atoms with Gasteiger partial charge in [0.1, 0.15) is 0 Å². The van der Waals surface area contributed by atoms with E-state index >= 15 is 0 Å². The van der Waals surface area contributed by atoms with Crippen LogP contribution in [0.3, 0.4) is 0 Å². The molecule has 0 saturated heterocycles. The highest BCUT2D eigenvalue weighted by molar-refractivity contribution is 7.99. The van der Waals surface area contributed by atoms with Gasteiger partial charge in [-0.15, -0.1) is 11.8 Å². The Kier molecular flexibility index (Phi) is 6.83. The zero-order valence-electron chi connectivity index (χ0n) is 14.8. The number of hydrogen-bond donors (Lipinski definition) is 0. The summed E-state index contributed by atoms with van der Waals surface area (Å²) in [5.74, 6) is 0.00610. The number of hydrogen-bond acceptors (Lipinski definition) is 4. The Labute approximate surface area is 163 Å². The molecule has 1 atom stereocenters. The van der Waals surface area contributed by atoms with E-state index in [-0.39, 0.29) is 18.2 Å². The number of rotatable bonds is 8. The summed E-state index contributed by atoms with van der Waals surface area (Å²) in [5.41, 5.74) is 1.20. The SMILES string of the molecule is O=C(CCSc1ccccc1)O[C@@H](C(=O)c1ccccc1)c1ccccc1. The lowest BCUT2D eigenvalue weighted by Gasteiger charge is -2.17. The molecular formula is C23H20O3S. The third-order valence-corrected chi connectivity index (χ3v) is 4.98. The van der Waals surface area contributed by atoms with Gasteiger partial charge in [-0.2, -0.15) is 0 Å². The molecule has 0 radical (unpaired) electrons. The summed E-state index contributed by atoms with van der Waals surface area (Å²) in [6, 6.07) is 27.9. The number of benzene rings is 3. The molecular weight excluding hydrogens is 356 g/mol. The highest BCUT2D eigenvalue weighted by Gasteiger charge is 2.25. The Bertz CT molecular complexity index is 864. The highest BCUT2D eigenvalue weighted by atomic mass is 32.2. The molecule has 3 rings (SSSR count). The normalized spacial score (nSPS) is 11.6. The summed E-state index contributed by atoms with van der Waals surface area (Å²) in [4.78, 5) is 26.4. The van der Waals surface area contributed by atoms with Gasteiger partial charge in [0.05, 0.1) is 6.42 Å². The average molecular weight is 376 g/mol. The van der Waals surface area contributed by atoms with Gasteiger partial charge in [-0.3, -0.25) is 9.59 Å². The van der Waals surface area contributed by atoms with Crippen LogP contribution in [-0.2, 0) is 9.53 Å². The van der Waals surface area contributed by atoms with Crippen molar-refractivity contribution in [2.45, 2.75) is 17.4 Å². The van der Waals surface area contributed by atoms with Crippen LogP contribution in [-0.4, -0.2) is 17.5 Å². The van der Waals surface area contributed by atoms with E-state index in [9.17, 15) is 9.59 Å². The van der Waals surface area contributed by atoms with Gasteiger partial charge in [0.25, 0.3) is 0 Å². The van der Waals surface area contributed by atoms with Crippen LogP contribution in [0.5, 0.6) is 0 Å². The molecule has 0 aliphatic carbocycles. The first kappa shape index (κ1) is 18.9. The lowest BCUT2D eigenvalue weighted by Crippen LogP contribution is -2.20. The molecule has 0 aromatic heterocycles. The molecule has 3 aromatic carbocycles. The Hall–Kier alpha value is -2.85. The van der Waals surface area contributed by atoms with Crippen molar-refractivity contribution >= 4 is 23.5 Å². The van der Waals surface area contributed by atoms with Crippen LogP contribution in [0.25, 0.3) is 0 Å². The summed E-state index contributed by atoms with van der Waals surface area (Å²) in [6.45, 7) is 0. The lowest BCUT2D eigenvalue weighted by molar-refractivity contribution is -0.146. The van der Waals surface area contributed by atoms with E-state index in [0.29, 0.717) is 16.9 Å². The number of Topliss-reactive ketones (excluding diaryl/α,β-unsaturated/α-hetero) is 1. The van der Waals surface area contributed by atoms with Gasteiger partial charge in [-0.05, 0) is 12.1 Å². The van der Waals surface area contributed by atoms with Crippen LogP contribution in [0.15, 0.2) is 95.9 Å². The predicted octanol–water partition coefficient (Wildman–Crippen LogP) is 5.34. The third kappa shape index (κ3) is 5.56. The fourth-order valence-corrected chi connectivity index (χ4v) is 3.47. The number of carbonyl (C=O) groups excluding carboxylic acids is 2. The number of carbonyl (C=O) groups is 2. The quantitative estimate of drug-likeness (QED) is 0.302. The van der Waals surface area contributed by atoms with E-state index in [1.165, 1.54) is 0 Å². The molecule has 4 heteroatoms. The van der Waals surface area contributed by atoms with Crippen molar-refractivity contribution in [1.82, 2.24) is 0 Å². The molecule has 0 amide bonds. The third-order valence-electron chi connectivity index (χ3n) is 3.97. The van der Waals surface area contributed by atoms with Crippen LogP contribution >= 0.6 is 11.8 Å². The maximum absolute atomic E-state index is 12.9. The van der Waals surface area contributed by atoms with Crippen molar-refractivity contribution in [2.24, 2.45) is 0 Å². The fourth-order valence-electron chi connectivity index (χ4n) is 2.61. The van der Waals surface area contributed by atoms with Gasteiger partial charge in [0.2, 0.25) is 5.78 Å². The topological polar surface area (TPSA) is 43.4 Å².